The van der Waals surface area contributed by atoms with E-state index in [9.17, 15) is 0 Å². The molecule has 2 N–H and O–H groups in total. The summed E-state index contributed by atoms with van der Waals surface area (Å²) < 4.78 is 0. The van der Waals surface area contributed by atoms with Gasteiger partial charge in [0.05, 0.1) is 0 Å². The standard InChI is InChI=1S/C16H32N4.HI/c1-13(2)12-20-10-7-15(8-11-20)19-16(17-3)18-9-6-14-4-5-14;/h13-15H,4-12H2,1-3H3,(H2,17,18,19);1H. The van der Waals surface area contributed by atoms with Gasteiger partial charge in [0.25, 0.3) is 0 Å². The number of hydrogen-bond donors (Lipinski definition) is 2. The number of guanidine groups is 1. The van der Waals surface area contributed by atoms with Crippen LogP contribution in [0.4, 0.5) is 0 Å². The average Bonchev–Trinajstić information content (AvgIpc) is 3.23. The summed E-state index contributed by atoms with van der Waals surface area (Å²) in [5.74, 6) is 2.75. The second kappa shape index (κ2) is 9.87. The number of hydrogen-bond acceptors (Lipinski definition) is 2. The number of nitrogens with one attached hydrogen (secondary N) is 2. The van der Waals surface area contributed by atoms with E-state index in [2.05, 4.69) is 34.4 Å². The molecule has 1 heterocycles. The van der Waals surface area contributed by atoms with Crippen LogP contribution in [0.2, 0.25) is 0 Å². The fourth-order valence-corrected chi connectivity index (χ4v) is 2.97. The van der Waals surface area contributed by atoms with Crippen LogP contribution in [0.15, 0.2) is 4.99 Å². The number of rotatable bonds is 6. The highest BCUT2D eigenvalue weighted by Crippen LogP contribution is 2.31. The smallest absolute Gasteiger partial charge is 0.191 e. The number of likely N-dealkylation sites (tertiary alicyclic amines) is 1. The van der Waals surface area contributed by atoms with Gasteiger partial charge in [-0.2, -0.15) is 0 Å². The Balaban J connectivity index is 0.00000220. The highest BCUT2D eigenvalue weighted by molar-refractivity contribution is 14.0. The van der Waals surface area contributed by atoms with Crippen LogP contribution in [0.3, 0.4) is 0 Å². The summed E-state index contributed by atoms with van der Waals surface area (Å²) in [4.78, 5) is 6.94. The van der Waals surface area contributed by atoms with Gasteiger partial charge in [-0.15, -0.1) is 24.0 Å². The van der Waals surface area contributed by atoms with Gasteiger partial charge in [0.15, 0.2) is 5.96 Å². The zero-order valence-electron chi connectivity index (χ0n) is 13.9. The van der Waals surface area contributed by atoms with E-state index in [0.29, 0.717) is 6.04 Å². The van der Waals surface area contributed by atoms with Crippen molar-refractivity contribution in [2.75, 3.05) is 33.2 Å². The number of halogens is 1. The van der Waals surface area contributed by atoms with Gasteiger partial charge in [-0.3, -0.25) is 4.99 Å². The monoisotopic (exact) mass is 408 g/mol. The maximum absolute atomic E-state index is 4.35. The van der Waals surface area contributed by atoms with E-state index < -0.39 is 0 Å². The molecule has 1 saturated heterocycles. The molecule has 0 aromatic heterocycles. The van der Waals surface area contributed by atoms with Crippen molar-refractivity contribution in [3.05, 3.63) is 0 Å². The van der Waals surface area contributed by atoms with E-state index in [-0.39, 0.29) is 24.0 Å². The molecule has 1 saturated carbocycles. The summed E-state index contributed by atoms with van der Waals surface area (Å²) in [5, 5.41) is 7.04. The van der Waals surface area contributed by atoms with Gasteiger partial charge in [-0.05, 0) is 31.1 Å². The van der Waals surface area contributed by atoms with Crippen molar-refractivity contribution in [1.82, 2.24) is 15.5 Å². The highest BCUT2D eigenvalue weighted by atomic mass is 127. The first kappa shape index (κ1) is 19.0. The van der Waals surface area contributed by atoms with Crippen molar-refractivity contribution >= 4 is 29.9 Å². The van der Waals surface area contributed by atoms with Crippen molar-refractivity contribution in [3.63, 3.8) is 0 Å². The Morgan fingerprint density at radius 2 is 1.86 bits per heavy atom. The zero-order valence-corrected chi connectivity index (χ0v) is 16.2. The molecule has 0 amide bonds. The highest BCUT2D eigenvalue weighted by Gasteiger charge is 2.22. The fraction of sp³-hybridized carbons (Fsp3) is 0.938. The first-order valence-corrected chi connectivity index (χ1v) is 8.37. The summed E-state index contributed by atoms with van der Waals surface area (Å²) in [5.41, 5.74) is 0. The molecular formula is C16H33IN4. The summed E-state index contributed by atoms with van der Waals surface area (Å²) in [6, 6.07) is 0.588. The third-order valence-electron chi connectivity index (χ3n) is 4.32. The molecule has 2 aliphatic rings. The molecule has 1 aliphatic heterocycles. The van der Waals surface area contributed by atoms with E-state index in [1.54, 1.807) is 0 Å². The van der Waals surface area contributed by atoms with Gasteiger partial charge in [0.1, 0.15) is 0 Å². The maximum atomic E-state index is 4.35. The molecule has 124 valence electrons. The molecule has 0 atom stereocenters. The van der Waals surface area contributed by atoms with E-state index in [4.69, 9.17) is 0 Å². The summed E-state index contributed by atoms with van der Waals surface area (Å²) >= 11 is 0. The SMILES string of the molecule is CN=C(NCCC1CC1)NC1CCN(CC(C)C)CC1.I. The van der Waals surface area contributed by atoms with Crippen molar-refractivity contribution in [1.29, 1.82) is 0 Å². The summed E-state index contributed by atoms with van der Waals surface area (Å²) in [6.45, 7) is 9.34. The Hall–Kier alpha value is -0.0400. The van der Waals surface area contributed by atoms with Gasteiger partial charge < -0.3 is 15.5 Å². The Labute approximate surface area is 147 Å². The molecule has 2 fully saturated rings. The maximum Gasteiger partial charge on any atom is 0.191 e. The van der Waals surface area contributed by atoms with Crippen molar-refractivity contribution in [3.8, 4) is 0 Å². The third kappa shape index (κ3) is 7.68. The third-order valence-corrected chi connectivity index (χ3v) is 4.32. The van der Waals surface area contributed by atoms with Crippen LogP contribution >= 0.6 is 24.0 Å². The van der Waals surface area contributed by atoms with E-state index >= 15 is 0 Å². The molecule has 5 heteroatoms. The molecule has 0 bridgehead atoms. The lowest BCUT2D eigenvalue weighted by molar-refractivity contribution is 0.187. The van der Waals surface area contributed by atoms with Crippen molar-refractivity contribution in [2.24, 2.45) is 16.8 Å². The van der Waals surface area contributed by atoms with Crippen LogP contribution in [0.5, 0.6) is 0 Å². The molecular weight excluding hydrogens is 375 g/mol. The van der Waals surface area contributed by atoms with Crippen LogP contribution in [0.1, 0.15) is 46.0 Å². The minimum absolute atomic E-state index is 0. The Bertz CT molecular complexity index is 307. The predicted octanol–water partition coefficient (Wildman–Crippen LogP) is 2.69. The number of aliphatic imine (C=N–C) groups is 1. The Morgan fingerprint density at radius 1 is 1.19 bits per heavy atom. The molecule has 0 aromatic rings. The lowest BCUT2D eigenvalue weighted by Gasteiger charge is -2.34. The quantitative estimate of drug-likeness (QED) is 0.403. The van der Waals surface area contributed by atoms with Gasteiger partial charge in [-0.25, -0.2) is 0 Å². The number of nitrogens with zero attached hydrogens (tertiary/aromatic N) is 2. The van der Waals surface area contributed by atoms with E-state index in [0.717, 1.165) is 24.3 Å². The van der Waals surface area contributed by atoms with E-state index in [1.807, 2.05) is 7.05 Å². The van der Waals surface area contributed by atoms with Gasteiger partial charge >= 0.3 is 0 Å². The first-order chi connectivity index (χ1) is 9.67. The Kier molecular flexibility index (Phi) is 8.94. The second-order valence-electron chi connectivity index (χ2n) is 6.84. The van der Waals surface area contributed by atoms with Crippen LogP contribution in [0.25, 0.3) is 0 Å². The second-order valence-corrected chi connectivity index (χ2v) is 6.84. The first-order valence-electron chi connectivity index (χ1n) is 8.37. The molecule has 0 radical (unpaired) electrons. The van der Waals surface area contributed by atoms with Crippen LogP contribution in [-0.2, 0) is 0 Å². The largest absolute Gasteiger partial charge is 0.356 e. The van der Waals surface area contributed by atoms with Gasteiger partial charge in [-0.1, -0.05) is 26.7 Å². The number of piperidine rings is 1. The zero-order chi connectivity index (χ0) is 14.4. The molecule has 4 nitrogen and oxygen atoms in total. The van der Waals surface area contributed by atoms with Crippen LogP contribution in [0, 0.1) is 11.8 Å². The van der Waals surface area contributed by atoms with Crippen LogP contribution in [-0.4, -0.2) is 50.1 Å². The molecule has 2 rings (SSSR count). The lowest BCUT2D eigenvalue weighted by atomic mass is 10.0. The average molecular weight is 408 g/mol. The molecule has 0 spiro atoms. The van der Waals surface area contributed by atoms with Crippen molar-refractivity contribution < 1.29 is 0 Å². The molecule has 21 heavy (non-hydrogen) atoms. The van der Waals surface area contributed by atoms with Crippen molar-refractivity contribution in [2.45, 2.75) is 52.0 Å². The Morgan fingerprint density at radius 3 is 2.38 bits per heavy atom. The minimum atomic E-state index is 0. The van der Waals surface area contributed by atoms with Crippen LogP contribution < -0.4 is 10.6 Å². The molecule has 0 aromatic carbocycles. The lowest BCUT2D eigenvalue weighted by Crippen LogP contribution is -2.49. The topological polar surface area (TPSA) is 39.7 Å². The van der Waals surface area contributed by atoms with Gasteiger partial charge in [0, 0.05) is 39.3 Å². The van der Waals surface area contributed by atoms with Gasteiger partial charge in [0.2, 0.25) is 0 Å². The fourth-order valence-electron chi connectivity index (χ4n) is 2.97. The minimum Gasteiger partial charge on any atom is -0.356 e. The summed E-state index contributed by atoms with van der Waals surface area (Å²) in [7, 11) is 1.88. The molecule has 1 aliphatic carbocycles. The predicted molar refractivity (Wildman–Crippen MR) is 102 cm³/mol. The molecule has 0 unspecified atom stereocenters. The van der Waals surface area contributed by atoms with E-state index in [1.165, 1.54) is 51.7 Å². The summed E-state index contributed by atoms with van der Waals surface area (Å²) in [6.07, 6.45) is 6.63. The normalized spacial score (nSPS) is 21.2.